The molecule has 1 aliphatic rings. The molecule has 7 heteroatoms. The highest BCUT2D eigenvalue weighted by Gasteiger charge is 2.13. The monoisotopic (exact) mass is 384 g/mol. The molecule has 0 atom stereocenters. The number of fused-ring (bicyclic) bond motifs is 2. The van der Waals surface area contributed by atoms with E-state index in [1.54, 1.807) is 23.1 Å². The molecule has 5 rings (SSSR count). The van der Waals surface area contributed by atoms with Crippen molar-refractivity contribution >= 4 is 22.6 Å². The quantitative estimate of drug-likeness (QED) is 0.567. The number of carbonyl (C=O) groups is 1. The summed E-state index contributed by atoms with van der Waals surface area (Å²) in [5.74, 6) is 0.319. The van der Waals surface area contributed by atoms with Crippen LogP contribution in [0.2, 0.25) is 0 Å². The normalized spacial score (nSPS) is 13.3. The Morgan fingerprint density at radius 2 is 2.07 bits per heavy atom. The number of anilines is 1. The van der Waals surface area contributed by atoms with Crippen LogP contribution in [0.1, 0.15) is 21.5 Å². The molecule has 0 saturated heterocycles. The van der Waals surface area contributed by atoms with Gasteiger partial charge in [-0.2, -0.15) is 5.10 Å². The molecule has 1 aromatic carbocycles. The fourth-order valence-electron chi connectivity index (χ4n) is 3.61. The van der Waals surface area contributed by atoms with Crippen LogP contribution in [-0.4, -0.2) is 32.2 Å². The molecule has 1 amide bonds. The van der Waals surface area contributed by atoms with Crippen LogP contribution in [0.25, 0.3) is 22.2 Å². The zero-order valence-electron chi connectivity index (χ0n) is 16.0. The molecule has 144 valence electrons. The Balaban J connectivity index is 1.42. The van der Waals surface area contributed by atoms with Gasteiger partial charge in [0.2, 0.25) is 0 Å². The van der Waals surface area contributed by atoms with Crippen molar-refractivity contribution in [1.82, 2.24) is 25.1 Å². The van der Waals surface area contributed by atoms with Crippen molar-refractivity contribution in [3.8, 4) is 11.3 Å². The number of carbonyl (C=O) groups excluding carboxylic acids is 1. The van der Waals surface area contributed by atoms with E-state index < -0.39 is 0 Å². The van der Waals surface area contributed by atoms with E-state index in [1.807, 2.05) is 43.6 Å². The number of amides is 1. The van der Waals surface area contributed by atoms with Crippen molar-refractivity contribution < 1.29 is 4.79 Å². The van der Waals surface area contributed by atoms with E-state index in [0.29, 0.717) is 11.4 Å². The Bertz CT molecular complexity index is 1230. The van der Waals surface area contributed by atoms with Crippen molar-refractivity contribution in [2.45, 2.75) is 13.0 Å². The van der Waals surface area contributed by atoms with Crippen molar-refractivity contribution in [2.24, 2.45) is 7.05 Å². The van der Waals surface area contributed by atoms with Gasteiger partial charge in [-0.05, 0) is 48.4 Å². The summed E-state index contributed by atoms with van der Waals surface area (Å²) in [5.41, 5.74) is 5.67. The molecule has 0 saturated carbocycles. The van der Waals surface area contributed by atoms with E-state index in [9.17, 15) is 4.79 Å². The lowest BCUT2D eigenvalue weighted by atomic mass is 9.98. The van der Waals surface area contributed by atoms with Gasteiger partial charge in [0.15, 0.2) is 0 Å². The molecule has 1 aliphatic heterocycles. The van der Waals surface area contributed by atoms with Crippen LogP contribution in [0.5, 0.6) is 0 Å². The predicted octanol–water partition coefficient (Wildman–Crippen LogP) is 2.93. The number of aromatic nitrogens is 4. The maximum Gasteiger partial charge on any atom is 0.256 e. The molecule has 0 bridgehead atoms. The smallest absolute Gasteiger partial charge is 0.256 e. The van der Waals surface area contributed by atoms with E-state index in [4.69, 9.17) is 4.98 Å². The van der Waals surface area contributed by atoms with Gasteiger partial charge in [-0.25, -0.2) is 9.97 Å². The second kappa shape index (κ2) is 7.10. The average Bonchev–Trinajstić information content (AvgIpc) is 3.19. The number of nitrogens with one attached hydrogen (secondary N) is 2. The number of benzene rings is 1. The van der Waals surface area contributed by atoms with Gasteiger partial charge in [0, 0.05) is 48.6 Å². The van der Waals surface area contributed by atoms with Crippen molar-refractivity contribution in [3.05, 3.63) is 71.7 Å². The minimum atomic E-state index is -0.165. The van der Waals surface area contributed by atoms with Gasteiger partial charge in [0.05, 0.1) is 17.4 Å². The summed E-state index contributed by atoms with van der Waals surface area (Å²) >= 11 is 0. The topological polar surface area (TPSA) is 84.7 Å². The molecule has 0 aliphatic carbocycles. The summed E-state index contributed by atoms with van der Waals surface area (Å²) in [4.78, 5) is 21.8. The number of rotatable bonds is 3. The van der Waals surface area contributed by atoms with Crippen LogP contribution in [0.3, 0.4) is 0 Å². The van der Waals surface area contributed by atoms with Crippen LogP contribution in [0, 0.1) is 0 Å². The van der Waals surface area contributed by atoms with Gasteiger partial charge in [-0.15, -0.1) is 0 Å². The molecular weight excluding hydrogens is 364 g/mol. The van der Waals surface area contributed by atoms with Crippen LogP contribution in [0.4, 0.5) is 5.82 Å². The lowest BCUT2D eigenvalue weighted by Crippen LogP contribution is -2.24. The molecule has 3 aromatic heterocycles. The maximum absolute atomic E-state index is 12.7. The van der Waals surface area contributed by atoms with E-state index in [-0.39, 0.29) is 5.91 Å². The summed E-state index contributed by atoms with van der Waals surface area (Å²) in [6, 6.07) is 11.6. The number of hydrogen-bond acceptors (Lipinski definition) is 5. The largest absolute Gasteiger partial charge is 0.312 e. The fraction of sp³-hybridized carbons (Fsp3) is 0.182. The molecular formula is C22H20N6O. The third kappa shape index (κ3) is 3.48. The molecule has 4 heterocycles. The highest BCUT2D eigenvalue weighted by atomic mass is 16.1. The molecule has 0 spiro atoms. The summed E-state index contributed by atoms with van der Waals surface area (Å²) in [7, 11) is 1.87. The van der Waals surface area contributed by atoms with Gasteiger partial charge in [-0.1, -0.05) is 6.07 Å². The minimum absolute atomic E-state index is 0.165. The maximum atomic E-state index is 12.7. The Morgan fingerprint density at radius 1 is 1.14 bits per heavy atom. The van der Waals surface area contributed by atoms with Crippen LogP contribution >= 0.6 is 0 Å². The first-order valence-corrected chi connectivity index (χ1v) is 9.55. The highest BCUT2D eigenvalue weighted by molar-refractivity contribution is 6.04. The first-order chi connectivity index (χ1) is 14.2. The molecule has 0 unspecified atom stereocenters. The summed E-state index contributed by atoms with van der Waals surface area (Å²) in [6.45, 7) is 1.80. The van der Waals surface area contributed by atoms with Gasteiger partial charge >= 0.3 is 0 Å². The van der Waals surface area contributed by atoms with Crippen LogP contribution in [0.15, 0.2) is 55.0 Å². The van der Waals surface area contributed by atoms with Gasteiger partial charge < -0.3 is 10.6 Å². The Labute approximate surface area is 167 Å². The Hall–Kier alpha value is -3.58. The third-order valence-electron chi connectivity index (χ3n) is 5.17. The average molecular weight is 384 g/mol. The number of aryl methyl sites for hydroxylation is 1. The molecule has 0 fully saturated rings. The summed E-state index contributed by atoms with van der Waals surface area (Å²) < 4.78 is 1.74. The minimum Gasteiger partial charge on any atom is -0.312 e. The standard InChI is InChI=1S/C22H20N6O/c1-28-13-18(12-25-28)19-5-4-17-11-24-21(9-20(17)26-19)27-22(29)15-2-3-16-10-23-7-6-14(16)8-15/h2-5,8-9,11-13,23H,6-7,10H2,1H3,(H,24,27,29). The predicted molar refractivity (Wildman–Crippen MR) is 112 cm³/mol. The fourth-order valence-corrected chi connectivity index (χ4v) is 3.61. The number of hydrogen-bond donors (Lipinski definition) is 2. The first-order valence-electron chi connectivity index (χ1n) is 9.55. The molecule has 4 aromatic rings. The molecule has 29 heavy (non-hydrogen) atoms. The third-order valence-corrected chi connectivity index (χ3v) is 5.17. The van der Waals surface area contributed by atoms with E-state index in [0.717, 1.165) is 41.7 Å². The molecule has 2 N–H and O–H groups in total. The number of nitrogens with zero attached hydrogens (tertiary/aromatic N) is 4. The first kappa shape index (κ1) is 17.5. The highest BCUT2D eigenvalue weighted by Crippen LogP contribution is 2.22. The lowest BCUT2D eigenvalue weighted by Gasteiger charge is -2.17. The van der Waals surface area contributed by atoms with Gasteiger partial charge in [-0.3, -0.25) is 9.48 Å². The van der Waals surface area contributed by atoms with E-state index in [1.165, 1.54) is 11.1 Å². The molecule has 0 radical (unpaired) electrons. The second-order valence-corrected chi connectivity index (χ2v) is 7.23. The summed E-state index contributed by atoms with van der Waals surface area (Å²) in [5, 5.41) is 11.4. The SMILES string of the molecule is Cn1cc(-c2ccc3cnc(NC(=O)c4ccc5c(c4)CCNC5)cc3n2)cn1. The van der Waals surface area contributed by atoms with E-state index in [2.05, 4.69) is 20.7 Å². The number of pyridine rings is 2. The zero-order chi connectivity index (χ0) is 19.8. The molecule has 7 nitrogen and oxygen atoms in total. The van der Waals surface area contributed by atoms with Crippen LogP contribution in [-0.2, 0) is 20.0 Å². The van der Waals surface area contributed by atoms with Crippen LogP contribution < -0.4 is 10.6 Å². The van der Waals surface area contributed by atoms with Gasteiger partial charge in [0.1, 0.15) is 5.82 Å². The Kier molecular flexibility index (Phi) is 4.29. The van der Waals surface area contributed by atoms with Gasteiger partial charge in [0.25, 0.3) is 5.91 Å². The van der Waals surface area contributed by atoms with Crippen molar-refractivity contribution in [2.75, 3.05) is 11.9 Å². The second-order valence-electron chi connectivity index (χ2n) is 7.23. The Morgan fingerprint density at radius 3 is 2.93 bits per heavy atom. The van der Waals surface area contributed by atoms with Crippen molar-refractivity contribution in [1.29, 1.82) is 0 Å². The van der Waals surface area contributed by atoms with Crippen molar-refractivity contribution in [3.63, 3.8) is 0 Å². The van der Waals surface area contributed by atoms with E-state index >= 15 is 0 Å². The zero-order valence-corrected chi connectivity index (χ0v) is 16.0. The summed E-state index contributed by atoms with van der Waals surface area (Å²) in [6.07, 6.45) is 6.36. The lowest BCUT2D eigenvalue weighted by molar-refractivity contribution is 0.102.